The fourth-order valence-electron chi connectivity index (χ4n) is 2.61. The van der Waals surface area contributed by atoms with Crippen molar-refractivity contribution >= 4 is 23.3 Å². The maximum absolute atomic E-state index is 10.8. The third-order valence-electron chi connectivity index (χ3n) is 3.83. The monoisotopic (exact) mass is 307 g/mol. The van der Waals surface area contributed by atoms with Crippen molar-refractivity contribution in [1.29, 1.82) is 5.26 Å². The number of likely N-dealkylation sites (N-methyl/N-ethyl adjacent to an activating group) is 1. The molecule has 0 bridgehead atoms. The summed E-state index contributed by atoms with van der Waals surface area (Å²) in [5.74, 6) is -0.785. The van der Waals surface area contributed by atoms with Crippen LogP contribution in [0.5, 0.6) is 0 Å². The van der Waals surface area contributed by atoms with Crippen molar-refractivity contribution in [3.8, 4) is 6.07 Å². The number of hydrogen-bond acceptors (Lipinski definition) is 4. The molecule has 0 amide bonds. The number of halogens is 1. The molecule has 1 aliphatic rings. The number of nitriles is 1. The van der Waals surface area contributed by atoms with Gasteiger partial charge in [0.1, 0.15) is 6.07 Å². The highest BCUT2D eigenvalue weighted by molar-refractivity contribution is 6.32. The minimum atomic E-state index is -0.785. The number of carboxylic acids is 1. The SMILES string of the molecule is CCN(CC(=O)O)C1CC(Nc2ccc(C#N)c(Cl)c2)C1. The van der Waals surface area contributed by atoms with E-state index in [1.165, 1.54) is 0 Å². The Morgan fingerprint density at radius 3 is 2.81 bits per heavy atom. The molecule has 0 atom stereocenters. The fraction of sp³-hybridized carbons (Fsp3) is 0.467. The highest BCUT2D eigenvalue weighted by atomic mass is 35.5. The van der Waals surface area contributed by atoms with Crippen LogP contribution in [0.25, 0.3) is 0 Å². The van der Waals surface area contributed by atoms with Crippen molar-refractivity contribution in [2.24, 2.45) is 0 Å². The number of nitrogens with zero attached hydrogens (tertiary/aromatic N) is 2. The normalized spacial score (nSPS) is 20.7. The second-order valence-corrected chi connectivity index (χ2v) is 5.64. The molecule has 0 aliphatic heterocycles. The van der Waals surface area contributed by atoms with Gasteiger partial charge in [0, 0.05) is 17.8 Å². The van der Waals surface area contributed by atoms with Crippen molar-refractivity contribution in [3.05, 3.63) is 28.8 Å². The molecular formula is C15H18ClN3O2. The predicted molar refractivity (Wildman–Crippen MR) is 81.5 cm³/mol. The standard InChI is InChI=1S/C15H18ClN3O2/c1-2-19(9-15(20)21)13-5-12(6-13)18-11-4-3-10(8-17)14(16)7-11/h3-4,7,12-13,18H,2,5-6,9H2,1H3,(H,20,21). The van der Waals surface area contributed by atoms with Crippen LogP contribution in [0.3, 0.4) is 0 Å². The Kier molecular flexibility index (Phi) is 5.05. The molecule has 1 aromatic rings. The summed E-state index contributed by atoms with van der Waals surface area (Å²) in [6.07, 6.45) is 1.83. The van der Waals surface area contributed by atoms with E-state index < -0.39 is 5.97 Å². The first-order valence-corrected chi connectivity index (χ1v) is 7.33. The summed E-state index contributed by atoms with van der Waals surface area (Å²) in [7, 11) is 0. The van der Waals surface area contributed by atoms with Crippen molar-refractivity contribution in [2.75, 3.05) is 18.4 Å². The number of carboxylic acid groups (broad SMARTS) is 1. The number of carbonyl (C=O) groups is 1. The van der Waals surface area contributed by atoms with Gasteiger partial charge in [-0.2, -0.15) is 5.26 Å². The lowest BCUT2D eigenvalue weighted by atomic mass is 9.85. The second kappa shape index (κ2) is 6.79. The molecule has 0 aromatic heterocycles. The zero-order valence-corrected chi connectivity index (χ0v) is 12.6. The lowest BCUT2D eigenvalue weighted by molar-refractivity contribution is -0.139. The Morgan fingerprint density at radius 1 is 1.57 bits per heavy atom. The Hall–Kier alpha value is -1.77. The van der Waals surface area contributed by atoms with E-state index in [9.17, 15) is 4.79 Å². The molecule has 1 saturated carbocycles. The van der Waals surface area contributed by atoms with E-state index >= 15 is 0 Å². The highest BCUT2D eigenvalue weighted by Gasteiger charge is 2.33. The third-order valence-corrected chi connectivity index (χ3v) is 4.15. The molecule has 1 aliphatic carbocycles. The average Bonchev–Trinajstić information content (AvgIpc) is 2.40. The van der Waals surface area contributed by atoms with E-state index in [0.29, 0.717) is 22.7 Å². The minimum absolute atomic E-state index is 0.0938. The smallest absolute Gasteiger partial charge is 0.317 e. The number of rotatable bonds is 6. The summed E-state index contributed by atoms with van der Waals surface area (Å²) in [5, 5.41) is 21.5. The van der Waals surface area contributed by atoms with Gasteiger partial charge in [0.05, 0.1) is 17.1 Å². The van der Waals surface area contributed by atoms with Gasteiger partial charge >= 0.3 is 5.97 Å². The molecule has 112 valence electrons. The number of nitrogens with one attached hydrogen (secondary N) is 1. The van der Waals surface area contributed by atoms with Gasteiger partial charge in [-0.1, -0.05) is 18.5 Å². The van der Waals surface area contributed by atoms with Crippen molar-refractivity contribution in [2.45, 2.75) is 31.8 Å². The first-order chi connectivity index (χ1) is 10.0. The van der Waals surface area contributed by atoms with Crippen LogP contribution in [0.4, 0.5) is 5.69 Å². The molecular weight excluding hydrogens is 290 g/mol. The Morgan fingerprint density at radius 2 is 2.29 bits per heavy atom. The highest BCUT2D eigenvalue weighted by Crippen LogP contribution is 2.29. The quantitative estimate of drug-likeness (QED) is 0.844. The van der Waals surface area contributed by atoms with Gasteiger partial charge in [0.25, 0.3) is 0 Å². The van der Waals surface area contributed by atoms with Gasteiger partial charge < -0.3 is 10.4 Å². The lowest BCUT2D eigenvalue weighted by Gasteiger charge is -2.42. The Bertz CT molecular complexity index is 565. The van der Waals surface area contributed by atoms with Crippen LogP contribution < -0.4 is 5.32 Å². The van der Waals surface area contributed by atoms with Crippen molar-refractivity contribution in [3.63, 3.8) is 0 Å². The van der Waals surface area contributed by atoms with Gasteiger partial charge in [-0.3, -0.25) is 9.69 Å². The van der Waals surface area contributed by atoms with E-state index in [0.717, 1.165) is 25.1 Å². The van der Waals surface area contributed by atoms with Crippen molar-refractivity contribution < 1.29 is 9.90 Å². The fourth-order valence-corrected chi connectivity index (χ4v) is 2.83. The zero-order valence-electron chi connectivity index (χ0n) is 11.8. The maximum Gasteiger partial charge on any atom is 0.317 e. The minimum Gasteiger partial charge on any atom is -0.480 e. The number of benzene rings is 1. The van der Waals surface area contributed by atoms with Crippen LogP contribution in [0.1, 0.15) is 25.3 Å². The lowest BCUT2D eigenvalue weighted by Crippen LogP contribution is -2.51. The van der Waals surface area contributed by atoms with E-state index in [4.69, 9.17) is 22.0 Å². The van der Waals surface area contributed by atoms with Gasteiger partial charge in [-0.25, -0.2) is 0 Å². The Labute approximate surface area is 129 Å². The summed E-state index contributed by atoms with van der Waals surface area (Å²) in [4.78, 5) is 12.8. The van der Waals surface area contributed by atoms with Crippen LogP contribution in [-0.2, 0) is 4.79 Å². The first-order valence-electron chi connectivity index (χ1n) is 6.95. The maximum atomic E-state index is 10.8. The molecule has 2 rings (SSSR count). The van der Waals surface area contributed by atoms with Crippen LogP contribution in [0.2, 0.25) is 5.02 Å². The summed E-state index contributed by atoms with van der Waals surface area (Å²) in [6, 6.07) is 7.96. The molecule has 0 spiro atoms. The molecule has 6 heteroatoms. The average molecular weight is 308 g/mol. The molecule has 2 N–H and O–H groups in total. The van der Waals surface area contributed by atoms with Crippen LogP contribution in [-0.4, -0.2) is 41.1 Å². The molecule has 0 radical (unpaired) electrons. The topological polar surface area (TPSA) is 76.4 Å². The zero-order chi connectivity index (χ0) is 15.4. The molecule has 0 saturated heterocycles. The molecule has 0 unspecified atom stereocenters. The number of anilines is 1. The van der Waals surface area contributed by atoms with Gasteiger partial charge in [-0.05, 0) is 37.6 Å². The molecule has 5 nitrogen and oxygen atoms in total. The van der Waals surface area contributed by atoms with Gasteiger partial charge in [-0.15, -0.1) is 0 Å². The molecule has 1 fully saturated rings. The largest absolute Gasteiger partial charge is 0.480 e. The molecule has 1 aromatic carbocycles. The van der Waals surface area contributed by atoms with E-state index in [2.05, 4.69) is 5.32 Å². The first kappa shape index (κ1) is 15.6. The van der Waals surface area contributed by atoms with Gasteiger partial charge in [0.15, 0.2) is 0 Å². The summed E-state index contributed by atoms with van der Waals surface area (Å²) < 4.78 is 0. The third kappa shape index (κ3) is 3.87. The summed E-state index contributed by atoms with van der Waals surface area (Å²) in [5.41, 5.74) is 1.36. The van der Waals surface area contributed by atoms with E-state index in [-0.39, 0.29) is 6.54 Å². The van der Waals surface area contributed by atoms with Crippen LogP contribution >= 0.6 is 11.6 Å². The molecule has 0 heterocycles. The van der Waals surface area contributed by atoms with Crippen molar-refractivity contribution in [1.82, 2.24) is 4.90 Å². The number of aliphatic carboxylic acids is 1. The predicted octanol–water partition coefficient (Wildman–Crippen LogP) is 2.56. The summed E-state index contributed by atoms with van der Waals surface area (Å²) in [6.45, 7) is 2.81. The van der Waals surface area contributed by atoms with Gasteiger partial charge in [0.2, 0.25) is 0 Å². The summed E-state index contributed by atoms with van der Waals surface area (Å²) >= 11 is 6.00. The Balaban J connectivity index is 1.86. The number of hydrogen-bond donors (Lipinski definition) is 2. The van der Waals surface area contributed by atoms with E-state index in [1.54, 1.807) is 12.1 Å². The second-order valence-electron chi connectivity index (χ2n) is 5.23. The van der Waals surface area contributed by atoms with Crippen LogP contribution in [0.15, 0.2) is 18.2 Å². The van der Waals surface area contributed by atoms with Crippen LogP contribution in [0, 0.1) is 11.3 Å². The van der Waals surface area contributed by atoms with E-state index in [1.807, 2.05) is 24.0 Å². The molecule has 21 heavy (non-hydrogen) atoms.